The van der Waals surface area contributed by atoms with Gasteiger partial charge in [-0.25, -0.2) is 4.57 Å². The van der Waals surface area contributed by atoms with E-state index in [1.807, 2.05) is 17.6 Å². The Morgan fingerprint density at radius 2 is 1.70 bits per heavy atom. The van der Waals surface area contributed by atoms with E-state index >= 15 is 0 Å². The summed E-state index contributed by atoms with van der Waals surface area (Å²) in [6, 6.07) is 18.9. The number of aromatic nitrogens is 2. The monoisotopic (exact) mass is 440 g/mol. The van der Waals surface area contributed by atoms with Gasteiger partial charge in [0.2, 0.25) is 0 Å². The fourth-order valence-electron chi connectivity index (χ4n) is 3.31. The number of thiazole rings is 1. The molecule has 4 nitrogen and oxygen atoms in total. The molecule has 0 saturated carbocycles. The van der Waals surface area contributed by atoms with E-state index in [0.717, 1.165) is 40.6 Å². The van der Waals surface area contributed by atoms with Crippen molar-refractivity contribution >= 4 is 33.1 Å². The minimum Gasteiger partial charge on any atom is -1.00 e. The summed E-state index contributed by atoms with van der Waals surface area (Å²) in [4.78, 5) is 0. The second kappa shape index (κ2) is 8.59. The van der Waals surface area contributed by atoms with Crippen molar-refractivity contribution in [2.45, 2.75) is 26.9 Å². The first-order valence-corrected chi connectivity index (χ1v) is 9.76. The third-order valence-corrected chi connectivity index (χ3v) is 5.33. The van der Waals surface area contributed by atoms with Crippen LogP contribution in [0.15, 0.2) is 76.4 Å². The standard InChI is InChI=1S/C21H21N4S.BrH/c1-3-24-14-15-26-21(24)23-22-19-17-12-8-9-13-18(17)25(4-2)20(19)16-10-6-5-7-11-16;/h5-15H,3-4H2,1-2H3;1H/q+1;/p-1. The highest BCUT2D eigenvalue weighted by atomic mass is 79.9. The summed E-state index contributed by atoms with van der Waals surface area (Å²) in [5, 5.41) is 13.4. The number of hydrogen-bond donors (Lipinski definition) is 0. The van der Waals surface area contributed by atoms with Crippen LogP contribution in [-0.4, -0.2) is 4.57 Å². The Labute approximate surface area is 173 Å². The van der Waals surface area contributed by atoms with Crippen molar-refractivity contribution in [1.82, 2.24) is 4.57 Å². The van der Waals surface area contributed by atoms with Gasteiger partial charge in [-0.15, -0.1) is 0 Å². The first-order valence-electron chi connectivity index (χ1n) is 8.88. The first kappa shape index (κ1) is 19.5. The van der Waals surface area contributed by atoms with Gasteiger partial charge < -0.3 is 21.5 Å². The minimum absolute atomic E-state index is 0. The van der Waals surface area contributed by atoms with Crippen molar-refractivity contribution in [1.29, 1.82) is 0 Å². The Morgan fingerprint density at radius 3 is 2.44 bits per heavy atom. The van der Waals surface area contributed by atoms with Crippen LogP contribution in [0.4, 0.5) is 10.8 Å². The average Bonchev–Trinajstić information content (AvgIpc) is 3.28. The number of aryl methyl sites for hydroxylation is 2. The van der Waals surface area contributed by atoms with Crippen LogP contribution in [0.3, 0.4) is 0 Å². The Hall–Kier alpha value is -2.31. The highest BCUT2D eigenvalue weighted by Gasteiger charge is 2.20. The molecule has 0 aliphatic carbocycles. The Kier molecular flexibility index (Phi) is 6.19. The normalized spacial score (nSPS) is 11.2. The van der Waals surface area contributed by atoms with Crippen LogP contribution >= 0.6 is 11.3 Å². The Morgan fingerprint density at radius 1 is 0.963 bits per heavy atom. The Balaban J connectivity index is 0.00000210. The summed E-state index contributed by atoms with van der Waals surface area (Å²) in [6.45, 7) is 6.06. The van der Waals surface area contributed by atoms with E-state index in [-0.39, 0.29) is 17.0 Å². The van der Waals surface area contributed by atoms with E-state index < -0.39 is 0 Å². The highest BCUT2D eigenvalue weighted by Crippen LogP contribution is 2.40. The second-order valence-electron chi connectivity index (χ2n) is 6.00. The molecule has 0 amide bonds. The molecule has 0 bridgehead atoms. The van der Waals surface area contributed by atoms with Gasteiger partial charge in [0.05, 0.1) is 22.9 Å². The molecule has 0 saturated heterocycles. The topological polar surface area (TPSA) is 33.5 Å². The first-order chi connectivity index (χ1) is 12.8. The fraction of sp³-hybridized carbons (Fsp3) is 0.190. The van der Waals surface area contributed by atoms with Gasteiger partial charge in [0.1, 0.15) is 11.9 Å². The van der Waals surface area contributed by atoms with Crippen LogP contribution < -0.4 is 21.5 Å². The maximum atomic E-state index is 4.72. The fourth-order valence-corrected chi connectivity index (χ4v) is 4.06. The molecule has 2 aromatic carbocycles. The number of fused-ring (bicyclic) bond motifs is 1. The lowest BCUT2D eigenvalue weighted by molar-refractivity contribution is -0.676. The molecule has 0 N–H and O–H groups in total. The van der Waals surface area contributed by atoms with Gasteiger partial charge >= 0.3 is 5.13 Å². The van der Waals surface area contributed by atoms with Gasteiger partial charge in [0.15, 0.2) is 0 Å². The van der Waals surface area contributed by atoms with Gasteiger partial charge in [-0.05, 0) is 36.4 Å². The summed E-state index contributed by atoms with van der Waals surface area (Å²) in [7, 11) is 0. The van der Waals surface area contributed by atoms with E-state index in [0.29, 0.717) is 0 Å². The van der Waals surface area contributed by atoms with Crippen LogP contribution in [0, 0.1) is 0 Å². The number of benzene rings is 2. The quantitative estimate of drug-likeness (QED) is 0.337. The molecule has 27 heavy (non-hydrogen) atoms. The predicted molar refractivity (Wildman–Crippen MR) is 107 cm³/mol. The van der Waals surface area contributed by atoms with Crippen LogP contribution in [0.25, 0.3) is 22.2 Å². The molecule has 0 aliphatic rings. The molecule has 2 aromatic heterocycles. The van der Waals surface area contributed by atoms with Gasteiger partial charge in [-0.1, -0.05) is 48.5 Å². The molecule has 0 atom stereocenters. The van der Waals surface area contributed by atoms with Crippen molar-refractivity contribution in [3.63, 3.8) is 0 Å². The number of azo groups is 1. The third-order valence-electron chi connectivity index (χ3n) is 4.54. The van der Waals surface area contributed by atoms with Crippen LogP contribution in [0.5, 0.6) is 0 Å². The van der Waals surface area contributed by atoms with E-state index in [9.17, 15) is 0 Å². The lowest BCUT2D eigenvalue weighted by Gasteiger charge is -2.08. The molecule has 0 unspecified atom stereocenters. The molecular formula is C21H21BrN4S. The molecule has 138 valence electrons. The zero-order chi connectivity index (χ0) is 17.9. The SMILES string of the molecule is CCn1c(-c2ccccc2)c(N=Nc2scc[n+]2CC)c2ccccc21.[Br-]. The molecule has 0 fully saturated rings. The second-order valence-corrected chi connectivity index (χ2v) is 6.87. The zero-order valence-electron chi connectivity index (χ0n) is 15.3. The van der Waals surface area contributed by atoms with E-state index in [1.165, 1.54) is 5.52 Å². The summed E-state index contributed by atoms with van der Waals surface area (Å²) in [5.41, 5.74) is 4.41. The summed E-state index contributed by atoms with van der Waals surface area (Å²) in [5.74, 6) is 0. The van der Waals surface area contributed by atoms with Crippen molar-refractivity contribution in [2.75, 3.05) is 0 Å². The van der Waals surface area contributed by atoms with Gasteiger partial charge in [0, 0.05) is 22.9 Å². The van der Waals surface area contributed by atoms with Crippen LogP contribution in [-0.2, 0) is 13.1 Å². The summed E-state index contributed by atoms with van der Waals surface area (Å²) >= 11 is 1.61. The zero-order valence-corrected chi connectivity index (χ0v) is 17.7. The van der Waals surface area contributed by atoms with Crippen molar-refractivity contribution in [2.24, 2.45) is 10.2 Å². The van der Waals surface area contributed by atoms with Crippen molar-refractivity contribution in [3.8, 4) is 11.3 Å². The maximum Gasteiger partial charge on any atom is 0.408 e. The molecule has 2 heterocycles. The minimum atomic E-state index is 0. The number of rotatable bonds is 5. The summed E-state index contributed by atoms with van der Waals surface area (Å²) < 4.78 is 4.43. The lowest BCUT2D eigenvalue weighted by Crippen LogP contribution is -3.00. The molecule has 4 rings (SSSR count). The van der Waals surface area contributed by atoms with Gasteiger partial charge in [-0.3, -0.25) is 0 Å². The van der Waals surface area contributed by atoms with Crippen LogP contribution in [0.2, 0.25) is 0 Å². The number of hydrogen-bond acceptors (Lipinski definition) is 3. The van der Waals surface area contributed by atoms with Gasteiger partial charge in [-0.2, -0.15) is 0 Å². The largest absolute Gasteiger partial charge is 1.00 e. The van der Waals surface area contributed by atoms with Crippen molar-refractivity contribution < 1.29 is 21.5 Å². The van der Waals surface area contributed by atoms with Crippen LogP contribution in [0.1, 0.15) is 13.8 Å². The molecular weight excluding hydrogens is 420 g/mol. The smallest absolute Gasteiger partial charge is 0.408 e. The highest BCUT2D eigenvalue weighted by molar-refractivity contribution is 7.12. The number of nitrogens with zero attached hydrogens (tertiary/aromatic N) is 4. The van der Waals surface area contributed by atoms with Crippen molar-refractivity contribution in [3.05, 3.63) is 66.2 Å². The molecule has 6 heteroatoms. The van der Waals surface area contributed by atoms with E-state index in [1.54, 1.807) is 11.3 Å². The number of para-hydroxylation sites is 1. The van der Waals surface area contributed by atoms with Gasteiger partial charge in [0.25, 0.3) is 0 Å². The molecule has 0 radical (unpaired) electrons. The molecule has 4 aromatic rings. The van der Waals surface area contributed by atoms with E-state index in [4.69, 9.17) is 5.11 Å². The lowest BCUT2D eigenvalue weighted by atomic mass is 10.1. The third kappa shape index (κ3) is 3.59. The summed E-state index contributed by atoms with van der Waals surface area (Å²) in [6.07, 6.45) is 2.05. The van der Waals surface area contributed by atoms with E-state index in [2.05, 4.69) is 76.6 Å². The molecule has 0 aliphatic heterocycles. The molecule has 0 spiro atoms. The maximum absolute atomic E-state index is 4.72. The Bertz CT molecular complexity index is 1070. The predicted octanol–water partition coefficient (Wildman–Crippen LogP) is 3.12. The average molecular weight is 441 g/mol. The number of halogens is 1.